The van der Waals surface area contributed by atoms with Gasteiger partial charge in [-0.25, -0.2) is 4.99 Å². The molecule has 186 valence electrons. The fraction of sp³-hybridized carbons (Fsp3) is 0.480. The number of rotatable bonds is 8. The van der Waals surface area contributed by atoms with Crippen LogP contribution < -0.4 is 0 Å². The zero-order chi connectivity index (χ0) is 25.2. The summed E-state index contributed by atoms with van der Waals surface area (Å²) in [4.78, 5) is 25.5. The van der Waals surface area contributed by atoms with E-state index in [9.17, 15) is 18.0 Å². The highest BCUT2D eigenvalue weighted by Gasteiger charge is 2.55. The van der Waals surface area contributed by atoms with Crippen molar-refractivity contribution in [1.82, 2.24) is 24.9 Å². The van der Waals surface area contributed by atoms with Crippen molar-refractivity contribution in [2.75, 3.05) is 7.05 Å². The molecule has 2 aromatic heterocycles. The van der Waals surface area contributed by atoms with Gasteiger partial charge >= 0.3 is 6.18 Å². The topological polar surface area (TPSA) is 76.3 Å². The van der Waals surface area contributed by atoms with Crippen LogP contribution in [0.15, 0.2) is 53.6 Å². The summed E-state index contributed by atoms with van der Waals surface area (Å²) < 4.78 is 38.2. The van der Waals surface area contributed by atoms with Crippen LogP contribution in [0.25, 0.3) is 5.70 Å². The minimum atomic E-state index is -4.38. The molecule has 0 bridgehead atoms. The highest BCUT2D eigenvalue weighted by molar-refractivity contribution is 6.03. The Morgan fingerprint density at radius 3 is 2.54 bits per heavy atom. The molecule has 35 heavy (non-hydrogen) atoms. The molecule has 1 fully saturated rings. The Morgan fingerprint density at radius 1 is 1.23 bits per heavy atom. The van der Waals surface area contributed by atoms with Crippen molar-refractivity contribution < 1.29 is 18.0 Å². The molecule has 0 saturated heterocycles. The minimum Gasteiger partial charge on any atom is -0.334 e. The number of aryl methyl sites for hydroxylation is 1. The van der Waals surface area contributed by atoms with E-state index in [1.165, 1.54) is 10.9 Å². The van der Waals surface area contributed by atoms with E-state index in [1.807, 2.05) is 31.0 Å². The number of carbonyl (C=O) groups excluding carboxylic acids is 1. The fourth-order valence-electron chi connectivity index (χ4n) is 4.67. The number of aliphatic imine (C=N–C) groups is 1. The average Bonchev–Trinajstić information content (AvgIpc) is 3.25. The highest BCUT2D eigenvalue weighted by Crippen LogP contribution is 2.51. The Balaban J connectivity index is 1.43. The van der Waals surface area contributed by atoms with Gasteiger partial charge in [0.05, 0.1) is 18.0 Å². The lowest BCUT2D eigenvalue weighted by Gasteiger charge is -2.30. The van der Waals surface area contributed by atoms with E-state index in [0.717, 1.165) is 43.7 Å². The van der Waals surface area contributed by atoms with Gasteiger partial charge in [0, 0.05) is 36.6 Å². The van der Waals surface area contributed by atoms with Crippen molar-refractivity contribution in [3.8, 4) is 0 Å². The van der Waals surface area contributed by atoms with E-state index in [1.54, 1.807) is 12.4 Å². The van der Waals surface area contributed by atoms with E-state index >= 15 is 0 Å². The summed E-state index contributed by atoms with van der Waals surface area (Å²) in [7, 11) is 1.82. The van der Waals surface area contributed by atoms with Crippen molar-refractivity contribution in [3.05, 3.63) is 59.8 Å². The summed E-state index contributed by atoms with van der Waals surface area (Å²) in [6.45, 7) is 4.02. The summed E-state index contributed by atoms with van der Waals surface area (Å²) in [6, 6.07) is 2.51. The van der Waals surface area contributed by atoms with Gasteiger partial charge in [0.15, 0.2) is 5.70 Å². The first-order valence-electron chi connectivity index (χ1n) is 11.7. The lowest BCUT2D eigenvalue weighted by molar-refractivity contribution is -0.137. The molecule has 1 aliphatic carbocycles. The molecule has 1 saturated carbocycles. The average molecular weight is 487 g/mol. The fourth-order valence-corrected chi connectivity index (χ4v) is 4.67. The number of pyridine rings is 1. The second-order valence-corrected chi connectivity index (χ2v) is 9.32. The lowest BCUT2D eigenvalue weighted by atomic mass is 10.0. The van der Waals surface area contributed by atoms with Crippen molar-refractivity contribution in [2.45, 2.75) is 64.1 Å². The summed E-state index contributed by atoms with van der Waals surface area (Å²) in [5.41, 5.74) is 1.33. The molecule has 0 radical (unpaired) electrons. The van der Waals surface area contributed by atoms with Gasteiger partial charge in [-0.05, 0) is 56.7 Å². The molecule has 7 nitrogen and oxygen atoms in total. The Bertz CT molecular complexity index is 1150. The summed E-state index contributed by atoms with van der Waals surface area (Å²) >= 11 is 0. The molecule has 1 aliphatic heterocycles. The van der Waals surface area contributed by atoms with Gasteiger partial charge in [-0.15, -0.1) is 4.80 Å². The van der Waals surface area contributed by atoms with Crippen LogP contribution in [-0.2, 0) is 17.4 Å². The van der Waals surface area contributed by atoms with Crippen LogP contribution in [0.2, 0.25) is 0 Å². The van der Waals surface area contributed by atoms with Crippen LogP contribution in [0.3, 0.4) is 0 Å². The number of likely N-dealkylation sites (N-methyl/N-ethyl adjacent to an activating group) is 1. The van der Waals surface area contributed by atoms with Gasteiger partial charge in [0.25, 0.3) is 5.91 Å². The van der Waals surface area contributed by atoms with Crippen molar-refractivity contribution in [3.63, 3.8) is 0 Å². The molecule has 10 heteroatoms. The number of allylic oxidation sites excluding steroid dienone is 3. The maximum absolute atomic E-state index is 13.7. The first-order chi connectivity index (χ1) is 16.6. The third-order valence-electron chi connectivity index (χ3n) is 6.91. The van der Waals surface area contributed by atoms with Crippen LogP contribution in [-0.4, -0.2) is 49.1 Å². The maximum Gasteiger partial charge on any atom is 0.417 e. The zero-order valence-corrected chi connectivity index (χ0v) is 20.1. The molecule has 2 atom stereocenters. The number of nitrogens with zero attached hydrogens (tertiary/aromatic N) is 6. The third-order valence-corrected chi connectivity index (χ3v) is 6.91. The van der Waals surface area contributed by atoms with Crippen molar-refractivity contribution >= 4 is 17.3 Å². The molecule has 2 aliphatic rings. The number of aromatic nitrogens is 4. The standard InChI is InChI=1S/C25H29F3N6O/c1-17-15-24(17,12-5-4-8-20-11-10-19(16-29-20)25(26,27)28)33(3)23(35)22-21(34-30-13-14-31-34)9-6-7-18(2)32-22/h6,9-11,13-14,16-17H,4-5,7-8,12,15H2,1-3H3. The predicted molar refractivity (Wildman–Crippen MR) is 126 cm³/mol. The molecule has 4 rings (SSSR count). The first-order valence-corrected chi connectivity index (χ1v) is 11.7. The maximum atomic E-state index is 13.7. The van der Waals surface area contributed by atoms with Gasteiger partial charge in [-0.2, -0.15) is 23.4 Å². The van der Waals surface area contributed by atoms with Crippen molar-refractivity contribution in [2.24, 2.45) is 10.9 Å². The van der Waals surface area contributed by atoms with Crippen LogP contribution >= 0.6 is 0 Å². The largest absolute Gasteiger partial charge is 0.417 e. The molecule has 2 aromatic rings. The molecule has 3 heterocycles. The number of amides is 1. The number of carbonyl (C=O) groups is 1. The Kier molecular flexibility index (Phi) is 6.91. The highest BCUT2D eigenvalue weighted by atomic mass is 19.4. The predicted octanol–water partition coefficient (Wildman–Crippen LogP) is 4.93. The minimum absolute atomic E-state index is 0.169. The van der Waals surface area contributed by atoms with Crippen LogP contribution in [0, 0.1) is 5.92 Å². The van der Waals surface area contributed by atoms with Crippen LogP contribution in [0.4, 0.5) is 13.2 Å². The van der Waals surface area contributed by atoms with E-state index in [4.69, 9.17) is 0 Å². The quantitative estimate of drug-likeness (QED) is 0.496. The third kappa shape index (κ3) is 5.36. The van der Waals surface area contributed by atoms with Gasteiger partial charge < -0.3 is 4.90 Å². The summed E-state index contributed by atoms with van der Waals surface area (Å²) in [5.74, 6) is 0.177. The van der Waals surface area contributed by atoms with Gasteiger partial charge in [-0.3, -0.25) is 9.78 Å². The van der Waals surface area contributed by atoms with E-state index in [-0.39, 0.29) is 11.4 Å². The normalized spacial score (nSPS) is 22.1. The molecule has 1 amide bonds. The van der Waals surface area contributed by atoms with E-state index in [0.29, 0.717) is 35.8 Å². The van der Waals surface area contributed by atoms with E-state index < -0.39 is 11.7 Å². The molecular weight excluding hydrogens is 457 g/mol. The summed E-state index contributed by atoms with van der Waals surface area (Å²) in [5, 5.41) is 8.38. The molecule has 0 N–H and O–H groups in total. The van der Waals surface area contributed by atoms with Crippen molar-refractivity contribution in [1.29, 1.82) is 0 Å². The lowest BCUT2D eigenvalue weighted by Crippen LogP contribution is -2.41. The Hall–Kier alpha value is -3.30. The number of alkyl halides is 3. The van der Waals surface area contributed by atoms with Crippen LogP contribution in [0.1, 0.15) is 57.2 Å². The van der Waals surface area contributed by atoms with Crippen LogP contribution in [0.5, 0.6) is 0 Å². The number of halogens is 3. The zero-order valence-electron chi connectivity index (χ0n) is 20.1. The van der Waals surface area contributed by atoms with Gasteiger partial charge in [-0.1, -0.05) is 19.4 Å². The first kappa shape index (κ1) is 24.8. The monoisotopic (exact) mass is 486 g/mol. The van der Waals surface area contributed by atoms with Gasteiger partial charge in [0.1, 0.15) is 5.70 Å². The summed E-state index contributed by atoms with van der Waals surface area (Å²) in [6.07, 6.45) is 7.95. The second kappa shape index (κ2) is 9.75. The second-order valence-electron chi connectivity index (χ2n) is 9.32. The number of unbranched alkanes of at least 4 members (excludes halogenated alkanes) is 1. The molecular formula is C25H29F3N6O. The number of hydrogen-bond donors (Lipinski definition) is 0. The Morgan fingerprint density at radius 2 is 1.94 bits per heavy atom. The molecule has 0 aromatic carbocycles. The SMILES string of the molecule is CC1=NC(C(=O)N(C)C2(CCCCc3ccc(C(F)(F)F)cn3)CC2C)=C(n2nccn2)C=CC1. The number of hydrogen-bond acceptors (Lipinski definition) is 5. The van der Waals surface area contributed by atoms with E-state index in [2.05, 4.69) is 27.1 Å². The molecule has 0 spiro atoms. The van der Waals surface area contributed by atoms with Gasteiger partial charge in [0.2, 0.25) is 0 Å². The Labute approximate surface area is 202 Å². The molecule has 2 unspecified atom stereocenters. The smallest absolute Gasteiger partial charge is 0.334 e.